The molecule has 9 heteroatoms. The van der Waals surface area contributed by atoms with Gasteiger partial charge in [0.25, 0.3) is 5.95 Å². The van der Waals surface area contributed by atoms with Gasteiger partial charge in [-0.2, -0.15) is 9.99 Å². The fraction of sp³-hybridized carbons (Fsp3) is 0.750. The minimum Gasteiger partial charge on any atom is -0.464 e. The third-order valence-corrected chi connectivity index (χ3v) is 4.55. The molecule has 25 heavy (non-hydrogen) atoms. The van der Waals surface area contributed by atoms with E-state index in [9.17, 15) is 14.7 Å². The van der Waals surface area contributed by atoms with Gasteiger partial charge in [-0.1, -0.05) is 20.8 Å². The highest BCUT2D eigenvalue weighted by Crippen LogP contribution is 2.26. The van der Waals surface area contributed by atoms with Crippen LogP contribution in [-0.4, -0.2) is 68.1 Å². The van der Waals surface area contributed by atoms with Crippen LogP contribution < -0.4 is 5.01 Å². The van der Waals surface area contributed by atoms with Crippen molar-refractivity contribution in [1.82, 2.24) is 24.7 Å². The van der Waals surface area contributed by atoms with Crippen LogP contribution >= 0.6 is 0 Å². The van der Waals surface area contributed by atoms with Crippen molar-refractivity contribution in [2.45, 2.75) is 51.9 Å². The van der Waals surface area contributed by atoms with Crippen molar-refractivity contribution in [1.29, 1.82) is 0 Å². The molecule has 1 N–H and O–H groups in total. The molecule has 0 bridgehead atoms. The van der Waals surface area contributed by atoms with Gasteiger partial charge in [-0.3, -0.25) is 0 Å². The van der Waals surface area contributed by atoms with Gasteiger partial charge in [0.15, 0.2) is 5.82 Å². The van der Waals surface area contributed by atoms with Gasteiger partial charge in [-0.25, -0.2) is 14.6 Å². The van der Waals surface area contributed by atoms with E-state index in [1.807, 2.05) is 20.8 Å². The number of rotatable bonds is 2. The molecule has 3 rings (SSSR count). The van der Waals surface area contributed by atoms with Crippen molar-refractivity contribution in [2.75, 3.05) is 31.2 Å². The molecule has 0 spiro atoms. The number of amides is 2. The second kappa shape index (κ2) is 6.62. The molecule has 138 valence electrons. The fourth-order valence-corrected chi connectivity index (χ4v) is 3.16. The van der Waals surface area contributed by atoms with Gasteiger partial charge >= 0.3 is 12.1 Å². The summed E-state index contributed by atoms with van der Waals surface area (Å²) in [5.41, 5.74) is -0.388. The largest absolute Gasteiger partial charge is 0.464 e. The lowest BCUT2D eigenvalue weighted by Crippen LogP contribution is -2.47. The van der Waals surface area contributed by atoms with Gasteiger partial charge in [0.05, 0.1) is 0 Å². The van der Waals surface area contributed by atoms with Crippen molar-refractivity contribution in [2.24, 2.45) is 0 Å². The Morgan fingerprint density at radius 2 is 1.60 bits per heavy atom. The summed E-state index contributed by atoms with van der Waals surface area (Å²) in [6.07, 6.45) is 2.60. The number of hydrogen-bond donors (Lipinski definition) is 1. The molecule has 2 aliphatic rings. The van der Waals surface area contributed by atoms with E-state index in [0.717, 1.165) is 30.7 Å². The average Bonchev–Trinajstić information content (AvgIpc) is 3.28. The lowest BCUT2D eigenvalue weighted by atomic mass is 9.96. The normalized spacial score (nSPS) is 18.8. The van der Waals surface area contributed by atoms with Gasteiger partial charge in [0, 0.05) is 31.6 Å². The molecule has 2 saturated heterocycles. The Balaban J connectivity index is 2.04. The molecule has 9 nitrogen and oxygen atoms in total. The van der Waals surface area contributed by atoms with E-state index in [4.69, 9.17) is 0 Å². The molecule has 2 fully saturated rings. The Bertz CT molecular complexity index is 653. The quantitative estimate of drug-likeness (QED) is 0.878. The van der Waals surface area contributed by atoms with E-state index in [1.54, 1.807) is 9.91 Å². The fourth-order valence-electron chi connectivity index (χ4n) is 3.16. The number of carbonyl (C=O) groups is 2. The predicted octanol–water partition coefficient (Wildman–Crippen LogP) is 2.13. The molecule has 0 aromatic carbocycles. The lowest BCUT2D eigenvalue weighted by Gasteiger charge is -2.27. The summed E-state index contributed by atoms with van der Waals surface area (Å²) in [4.78, 5) is 31.0. The van der Waals surface area contributed by atoms with Crippen molar-refractivity contribution in [3.63, 3.8) is 0 Å². The molecule has 2 amide bonds. The van der Waals surface area contributed by atoms with Crippen LogP contribution in [0.3, 0.4) is 0 Å². The Labute approximate surface area is 147 Å². The van der Waals surface area contributed by atoms with Gasteiger partial charge < -0.3 is 10.0 Å². The molecule has 0 unspecified atom stereocenters. The summed E-state index contributed by atoms with van der Waals surface area (Å²) in [5.74, 6) is 0.525. The van der Waals surface area contributed by atoms with E-state index in [0.29, 0.717) is 32.0 Å². The molecular formula is C16H26N6O3. The Hall–Kier alpha value is -2.16. The second-order valence-corrected chi connectivity index (χ2v) is 7.63. The zero-order chi connectivity index (χ0) is 18.2. The highest BCUT2D eigenvalue weighted by Gasteiger charge is 2.35. The number of aromatic nitrogens is 3. The Kier molecular flexibility index (Phi) is 4.68. The monoisotopic (exact) mass is 350 g/mol. The standard InChI is InChI=1S/C16H26N6O3/c1-16(2,3)12-17-13(22(15(24)25)20-10-6-7-11-20)21(18-12)14(23)19-8-4-5-9-19/h4-11H2,1-3H3,(H,24,25). The third-order valence-electron chi connectivity index (χ3n) is 4.55. The number of nitrogens with zero attached hydrogens (tertiary/aromatic N) is 6. The highest BCUT2D eigenvalue weighted by atomic mass is 16.4. The van der Waals surface area contributed by atoms with Crippen molar-refractivity contribution in [3.8, 4) is 0 Å². The Morgan fingerprint density at radius 3 is 2.12 bits per heavy atom. The van der Waals surface area contributed by atoms with Crippen LogP contribution in [0, 0.1) is 0 Å². The summed E-state index contributed by atoms with van der Waals surface area (Å²) in [7, 11) is 0. The molecule has 0 aliphatic carbocycles. The average molecular weight is 350 g/mol. The summed E-state index contributed by atoms with van der Waals surface area (Å²) in [6.45, 7) is 8.41. The first-order chi connectivity index (χ1) is 11.8. The third kappa shape index (κ3) is 3.46. The maximum Gasteiger partial charge on any atom is 0.429 e. The smallest absolute Gasteiger partial charge is 0.429 e. The van der Waals surface area contributed by atoms with Crippen LogP contribution in [0.25, 0.3) is 0 Å². The van der Waals surface area contributed by atoms with Crippen LogP contribution in [0.5, 0.6) is 0 Å². The van der Waals surface area contributed by atoms with Crippen LogP contribution in [-0.2, 0) is 5.41 Å². The molecule has 0 atom stereocenters. The first-order valence-corrected chi connectivity index (χ1v) is 8.84. The number of carboxylic acid groups (broad SMARTS) is 1. The zero-order valence-electron chi connectivity index (χ0n) is 15.1. The summed E-state index contributed by atoms with van der Waals surface area (Å²) >= 11 is 0. The molecule has 0 radical (unpaired) electrons. The second-order valence-electron chi connectivity index (χ2n) is 7.63. The van der Waals surface area contributed by atoms with Gasteiger partial charge in [0.2, 0.25) is 0 Å². The van der Waals surface area contributed by atoms with Crippen LogP contribution in [0.1, 0.15) is 52.3 Å². The maximum absolute atomic E-state index is 12.9. The van der Waals surface area contributed by atoms with E-state index < -0.39 is 6.09 Å². The number of hydrazine groups is 1. The minimum atomic E-state index is -1.15. The summed E-state index contributed by atoms with van der Waals surface area (Å²) in [6, 6.07) is -0.305. The molecule has 1 aromatic rings. The lowest BCUT2D eigenvalue weighted by molar-refractivity contribution is 0.175. The zero-order valence-corrected chi connectivity index (χ0v) is 15.1. The molecular weight excluding hydrogens is 324 g/mol. The molecule has 1 aromatic heterocycles. The van der Waals surface area contributed by atoms with Crippen LogP contribution in [0.4, 0.5) is 15.5 Å². The highest BCUT2D eigenvalue weighted by molar-refractivity contribution is 5.87. The first kappa shape index (κ1) is 17.7. The summed E-state index contributed by atoms with van der Waals surface area (Å²) in [5, 5.41) is 16.9. The molecule has 0 saturated carbocycles. The predicted molar refractivity (Wildman–Crippen MR) is 91.6 cm³/mol. The van der Waals surface area contributed by atoms with Crippen LogP contribution in [0.2, 0.25) is 0 Å². The van der Waals surface area contributed by atoms with Crippen molar-refractivity contribution in [3.05, 3.63) is 5.82 Å². The SMILES string of the molecule is CC(C)(C)c1nc(N(C(=O)O)N2CCCC2)n(C(=O)N2CCCC2)n1. The topological polar surface area (TPSA) is 94.8 Å². The number of anilines is 1. The minimum absolute atomic E-state index is 0.0659. The van der Waals surface area contributed by atoms with E-state index >= 15 is 0 Å². The van der Waals surface area contributed by atoms with E-state index in [-0.39, 0.29) is 17.4 Å². The molecule has 2 aliphatic heterocycles. The van der Waals surface area contributed by atoms with Crippen molar-refractivity contribution >= 4 is 18.1 Å². The number of hydrogen-bond acceptors (Lipinski definition) is 5. The molecule has 3 heterocycles. The number of carbonyl (C=O) groups excluding carboxylic acids is 1. The summed E-state index contributed by atoms with van der Waals surface area (Å²) < 4.78 is 1.17. The van der Waals surface area contributed by atoms with E-state index in [1.165, 1.54) is 4.68 Å². The van der Waals surface area contributed by atoms with Crippen LogP contribution in [0.15, 0.2) is 0 Å². The van der Waals surface area contributed by atoms with E-state index in [2.05, 4.69) is 10.1 Å². The van der Waals surface area contributed by atoms with Gasteiger partial charge in [-0.15, -0.1) is 9.78 Å². The number of likely N-dealkylation sites (tertiary alicyclic amines) is 1. The maximum atomic E-state index is 12.9. The first-order valence-electron chi connectivity index (χ1n) is 8.84. The van der Waals surface area contributed by atoms with Crippen molar-refractivity contribution < 1.29 is 14.7 Å². The Morgan fingerprint density at radius 1 is 1.04 bits per heavy atom. The van der Waals surface area contributed by atoms with Gasteiger partial charge in [0.1, 0.15) is 0 Å². The van der Waals surface area contributed by atoms with Gasteiger partial charge in [-0.05, 0) is 25.7 Å².